The monoisotopic (exact) mass is 729 g/mol. The molecule has 2 aromatic carbocycles. The van der Waals surface area contributed by atoms with Gasteiger partial charge in [-0.1, -0.05) is 23.7 Å². The van der Waals surface area contributed by atoms with E-state index < -0.39 is 53.9 Å². The quantitative estimate of drug-likeness (QED) is 0.105. The summed E-state index contributed by atoms with van der Waals surface area (Å²) in [6, 6.07) is 12.3. The average molecular weight is 730 g/mol. The second kappa shape index (κ2) is 15.4. The number of anilines is 3. The molecule has 0 unspecified atom stereocenters. The molecule has 2 amide bonds. The predicted octanol–water partition coefficient (Wildman–Crippen LogP) is 3.55. The summed E-state index contributed by atoms with van der Waals surface area (Å²) in [4.78, 5) is 61.3. The smallest absolute Gasteiger partial charge is 0.422 e. The van der Waals surface area contributed by atoms with Crippen molar-refractivity contribution in [2.45, 2.75) is 43.4 Å². The maximum Gasteiger partial charge on any atom is 0.422 e. The Morgan fingerprint density at radius 2 is 1.69 bits per heavy atom. The van der Waals surface area contributed by atoms with E-state index in [-0.39, 0.29) is 36.8 Å². The Hall–Kier alpha value is -5.78. The number of nitrogens with zero attached hydrogens (tertiary/aromatic N) is 5. The van der Waals surface area contributed by atoms with Crippen molar-refractivity contribution in [1.29, 1.82) is 0 Å². The van der Waals surface area contributed by atoms with Gasteiger partial charge in [0.2, 0.25) is 17.7 Å². The molecule has 0 bridgehead atoms. The highest BCUT2D eigenvalue weighted by atomic mass is 35.5. The van der Waals surface area contributed by atoms with Gasteiger partial charge in [0.15, 0.2) is 6.61 Å². The van der Waals surface area contributed by atoms with Crippen molar-refractivity contribution in [2.24, 2.45) is 7.05 Å². The van der Waals surface area contributed by atoms with Crippen LogP contribution in [0.25, 0.3) is 0 Å². The standard InChI is InChI=1S/C32H31ClF3N9O6/c1-45-22(10-15-38-45)16-24(46)26(48)37-14-11-23(27(49)50)40-25(47)18-2-8-21(9-3-18)39-28-41-29(43-30(42-28)51-17-32(34,35)36)44-31(12-13-31)19-4-6-20(33)7-5-19/h2-10,15,23H,11-14,16-17H2,1H3,(H,37,48)(H,40,47)(H,49,50)(H2,39,41,42,43,44)/t23-/m0/s1. The van der Waals surface area contributed by atoms with Crippen LogP contribution < -0.4 is 26.0 Å². The van der Waals surface area contributed by atoms with Gasteiger partial charge in [-0.3, -0.25) is 19.1 Å². The van der Waals surface area contributed by atoms with E-state index in [9.17, 15) is 37.5 Å². The maximum atomic E-state index is 12.9. The van der Waals surface area contributed by atoms with Crippen molar-refractivity contribution in [3.05, 3.63) is 82.6 Å². The van der Waals surface area contributed by atoms with Crippen LogP contribution in [0, 0.1) is 0 Å². The molecule has 268 valence electrons. The number of benzene rings is 2. The molecule has 19 heteroatoms. The summed E-state index contributed by atoms with van der Waals surface area (Å²) < 4.78 is 45.0. The van der Waals surface area contributed by atoms with Gasteiger partial charge in [0.1, 0.15) is 6.04 Å². The van der Waals surface area contributed by atoms with Gasteiger partial charge in [0, 0.05) is 41.8 Å². The lowest BCUT2D eigenvalue weighted by Crippen LogP contribution is -2.43. The van der Waals surface area contributed by atoms with Crippen LogP contribution in [0.4, 0.5) is 30.8 Å². The van der Waals surface area contributed by atoms with E-state index in [0.29, 0.717) is 29.2 Å². The molecule has 1 aliphatic carbocycles. The van der Waals surface area contributed by atoms with Crippen LogP contribution in [0.15, 0.2) is 60.8 Å². The molecule has 2 aromatic heterocycles. The molecule has 0 saturated heterocycles. The first kappa shape index (κ1) is 36.5. The Morgan fingerprint density at radius 3 is 2.29 bits per heavy atom. The topological polar surface area (TPSA) is 202 Å². The first-order valence-electron chi connectivity index (χ1n) is 15.4. The van der Waals surface area contributed by atoms with Crippen LogP contribution in [-0.2, 0) is 33.4 Å². The van der Waals surface area contributed by atoms with Crippen molar-refractivity contribution in [2.75, 3.05) is 23.8 Å². The van der Waals surface area contributed by atoms with Crippen LogP contribution in [0.2, 0.25) is 5.02 Å². The fraction of sp³-hybridized carbons (Fsp3) is 0.312. The number of hydrogen-bond donors (Lipinski definition) is 5. The normalized spacial score (nSPS) is 13.8. The molecule has 0 aliphatic heterocycles. The Bertz CT molecular complexity index is 1900. The van der Waals surface area contributed by atoms with Gasteiger partial charge >= 0.3 is 18.2 Å². The molecule has 51 heavy (non-hydrogen) atoms. The van der Waals surface area contributed by atoms with Crippen molar-refractivity contribution >= 4 is 52.8 Å². The van der Waals surface area contributed by atoms with E-state index in [4.69, 9.17) is 16.3 Å². The lowest BCUT2D eigenvalue weighted by molar-refractivity contribution is -0.154. The molecule has 5 rings (SSSR count). The number of ether oxygens (including phenoxy) is 1. The number of Topliss-reactive ketones (excluding diaryl/α,β-unsaturated/α-hetero) is 1. The van der Waals surface area contributed by atoms with E-state index in [2.05, 4.69) is 41.3 Å². The van der Waals surface area contributed by atoms with E-state index in [1.807, 2.05) is 12.1 Å². The number of aliphatic carboxylic acids is 1. The fourth-order valence-electron chi connectivity index (χ4n) is 4.85. The number of hydrogen-bond acceptors (Lipinski definition) is 11. The number of nitrogens with one attached hydrogen (secondary N) is 4. The lowest BCUT2D eigenvalue weighted by atomic mass is 10.1. The first-order valence-corrected chi connectivity index (χ1v) is 15.8. The lowest BCUT2D eigenvalue weighted by Gasteiger charge is -2.19. The van der Waals surface area contributed by atoms with Crippen LogP contribution >= 0.6 is 11.6 Å². The summed E-state index contributed by atoms with van der Waals surface area (Å²) >= 11 is 6.01. The van der Waals surface area contributed by atoms with Gasteiger partial charge in [0.05, 0.1) is 12.0 Å². The zero-order valence-corrected chi connectivity index (χ0v) is 27.6. The minimum absolute atomic E-state index is 0.0400. The number of amides is 2. The molecule has 2 heterocycles. The zero-order chi connectivity index (χ0) is 36.8. The van der Waals surface area contributed by atoms with Gasteiger partial charge in [-0.15, -0.1) is 0 Å². The molecular weight excluding hydrogens is 699 g/mol. The summed E-state index contributed by atoms with van der Waals surface area (Å²) in [5.41, 5.74) is 1.26. The Kier molecular flexibility index (Phi) is 11.0. The van der Waals surface area contributed by atoms with Gasteiger partial charge in [-0.2, -0.15) is 33.2 Å². The number of ketones is 1. The number of alkyl halides is 3. The van der Waals surface area contributed by atoms with Crippen molar-refractivity contribution in [1.82, 2.24) is 35.4 Å². The SMILES string of the molecule is Cn1nccc1CC(=O)C(=O)NCC[C@H](NC(=O)c1ccc(Nc2nc(NC3(c4ccc(Cl)cc4)CC3)nc(OCC(F)(F)F)n2)cc1)C(=O)O. The van der Waals surface area contributed by atoms with Gasteiger partial charge in [0.25, 0.3) is 11.8 Å². The largest absolute Gasteiger partial charge is 0.480 e. The average Bonchev–Trinajstić information content (AvgIpc) is 3.75. The van der Waals surface area contributed by atoms with Crippen molar-refractivity contribution in [3.8, 4) is 6.01 Å². The van der Waals surface area contributed by atoms with Crippen molar-refractivity contribution < 1.29 is 42.2 Å². The van der Waals surface area contributed by atoms with Gasteiger partial charge in [-0.25, -0.2) is 4.79 Å². The fourth-order valence-corrected chi connectivity index (χ4v) is 4.98. The molecule has 1 atom stereocenters. The summed E-state index contributed by atoms with van der Waals surface area (Å²) in [5, 5.41) is 24.8. The molecule has 0 radical (unpaired) electrons. The molecule has 5 N–H and O–H groups in total. The number of halogens is 4. The molecule has 1 fully saturated rings. The molecule has 4 aromatic rings. The zero-order valence-electron chi connectivity index (χ0n) is 26.8. The van der Waals surface area contributed by atoms with E-state index in [1.54, 1.807) is 25.2 Å². The number of aryl methyl sites for hydroxylation is 1. The molecule has 0 spiro atoms. The Morgan fingerprint density at radius 1 is 1.00 bits per heavy atom. The predicted molar refractivity (Wildman–Crippen MR) is 176 cm³/mol. The third-order valence-electron chi connectivity index (χ3n) is 7.72. The summed E-state index contributed by atoms with van der Waals surface area (Å²) in [6.07, 6.45) is -2.14. The van der Waals surface area contributed by atoms with Crippen LogP contribution in [0.5, 0.6) is 6.01 Å². The molecule has 15 nitrogen and oxygen atoms in total. The second-order valence-corrected chi connectivity index (χ2v) is 12.0. The minimum Gasteiger partial charge on any atom is -0.480 e. The van der Waals surface area contributed by atoms with E-state index in [1.165, 1.54) is 35.1 Å². The summed E-state index contributed by atoms with van der Waals surface area (Å²) in [7, 11) is 1.62. The number of carbonyl (C=O) groups is 4. The third-order valence-corrected chi connectivity index (χ3v) is 7.97. The Labute approximate surface area is 293 Å². The van der Waals surface area contributed by atoms with E-state index >= 15 is 0 Å². The van der Waals surface area contributed by atoms with E-state index in [0.717, 1.165) is 5.56 Å². The highest BCUT2D eigenvalue weighted by molar-refractivity contribution is 6.36. The number of aromatic nitrogens is 5. The number of carboxylic acid groups (broad SMARTS) is 1. The summed E-state index contributed by atoms with van der Waals surface area (Å²) in [5.74, 6) is -3.92. The summed E-state index contributed by atoms with van der Waals surface area (Å²) in [6.45, 7) is -1.83. The number of carbonyl (C=O) groups excluding carboxylic acids is 3. The highest BCUT2D eigenvalue weighted by Crippen LogP contribution is 2.48. The maximum absolute atomic E-state index is 12.9. The number of carboxylic acids is 1. The highest BCUT2D eigenvalue weighted by Gasteiger charge is 2.45. The number of rotatable bonds is 16. The van der Waals surface area contributed by atoms with Gasteiger partial charge in [-0.05, 0) is 67.3 Å². The second-order valence-electron chi connectivity index (χ2n) is 11.5. The molecule has 1 saturated carbocycles. The Balaban J connectivity index is 1.20. The minimum atomic E-state index is -4.64. The van der Waals surface area contributed by atoms with Crippen molar-refractivity contribution in [3.63, 3.8) is 0 Å². The van der Waals surface area contributed by atoms with Crippen LogP contribution in [-0.4, -0.2) is 78.8 Å². The first-order chi connectivity index (χ1) is 24.2. The third kappa shape index (κ3) is 10.1. The molecular formula is C32H31ClF3N9O6. The van der Waals surface area contributed by atoms with Gasteiger partial charge < -0.3 is 31.1 Å². The molecule has 1 aliphatic rings. The van der Waals surface area contributed by atoms with Crippen LogP contribution in [0.1, 0.15) is 40.9 Å². The van der Waals surface area contributed by atoms with Crippen LogP contribution in [0.3, 0.4) is 0 Å².